The summed E-state index contributed by atoms with van der Waals surface area (Å²) >= 11 is 0. The molecule has 1 aromatic heterocycles. The number of halogens is 2. The molecule has 1 fully saturated rings. The van der Waals surface area contributed by atoms with Gasteiger partial charge < -0.3 is 19.9 Å². The number of carbonyl (C=O) groups is 2. The summed E-state index contributed by atoms with van der Waals surface area (Å²) in [5.41, 5.74) is -1.35. The summed E-state index contributed by atoms with van der Waals surface area (Å²) in [4.78, 5) is 39.6. The van der Waals surface area contributed by atoms with Gasteiger partial charge in [-0.05, 0) is 24.8 Å². The molecule has 2 unspecified atom stereocenters. The second-order valence-electron chi connectivity index (χ2n) is 7.93. The Morgan fingerprint density at radius 1 is 1.30 bits per heavy atom. The van der Waals surface area contributed by atoms with E-state index in [1.165, 1.54) is 16.8 Å². The van der Waals surface area contributed by atoms with E-state index in [4.69, 9.17) is 0 Å². The van der Waals surface area contributed by atoms with Crippen LogP contribution in [0.5, 0.6) is 5.75 Å². The van der Waals surface area contributed by atoms with Crippen molar-refractivity contribution in [3.8, 4) is 5.75 Å². The van der Waals surface area contributed by atoms with E-state index in [9.17, 15) is 28.3 Å². The van der Waals surface area contributed by atoms with Crippen molar-refractivity contribution in [3.05, 3.63) is 63.1 Å². The van der Waals surface area contributed by atoms with Gasteiger partial charge in [0.25, 0.3) is 11.8 Å². The van der Waals surface area contributed by atoms with E-state index in [-0.39, 0.29) is 29.4 Å². The zero-order chi connectivity index (χ0) is 21.6. The largest absolute Gasteiger partial charge is 0.503 e. The second-order valence-corrected chi connectivity index (χ2v) is 7.93. The van der Waals surface area contributed by atoms with E-state index in [0.29, 0.717) is 25.1 Å². The van der Waals surface area contributed by atoms with Crippen LogP contribution in [-0.2, 0) is 6.54 Å². The van der Waals surface area contributed by atoms with E-state index in [1.807, 2.05) is 0 Å². The lowest BCUT2D eigenvalue weighted by molar-refractivity contribution is 0.0677. The zero-order valence-electron chi connectivity index (χ0n) is 16.3. The van der Waals surface area contributed by atoms with Crippen LogP contribution in [0.25, 0.3) is 0 Å². The Morgan fingerprint density at radius 3 is 2.80 bits per heavy atom. The molecule has 2 N–H and O–H groups in total. The fourth-order valence-corrected chi connectivity index (χ4v) is 4.13. The molecule has 3 heterocycles. The van der Waals surface area contributed by atoms with Gasteiger partial charge >= 0.3 is 0 Å². The molecule has 0 radical (unpaired) electrons. The molecule has 0 saturated carbocycles. The van der Waals surface area contributed by atoms with Gasteiger partial charge in [-0.3, -0.25) is 14.4 Å². The summed E-state index contributed by atoms with van der Waals surface area (Å²) in [5, 5.41) is 12.9. The second kappa shape index (κ2) is 7.55. The lowest BCUT2D eigenvalue weighted by atomic mass is 9.99. The summed E-state index contributed by atoms with van der Waals surface area (Å²) in [6.07, 6.45) is 2.85. The summed E-state index contributed by atoms with van der Waals surface area (Å²) in [7, 11) is 0. The Kier molecular flexibility index (Phi) is 5.05. The average Bonchev–Trinajstić information content (AvgIpc) is 2.87. The van der Waals surface area contributed by atoms with Gasteiger partial charge in [-0.15, -0.1) is 0 Å². The van der Waals surface area contributed by atoms with Gasteiger partial charge in [-0.1, -0.05) is 13.0 Å². The van der Waals surface area contributed by atoms with Crippen molar-refractivity contribution in [2.24, 2.45) is 5.92 Å². The van der Waals surface area contributed by atoms with Crippen molar-refractivity contribution in [1.29, 1.82) is 0 Å². The fraction of sp³-hybridized carbons (Fsp3) is 0.381. The van der Waals surface area contributed by atoms with E-state index in [2.05, 4.69) is 12.2 Å². The van der Waals surface area contributed by atoms with Gasteiger partial charge in [-0.2, -0.15) is 0 Å². The molecule has 0 spiro atoms. The minimum absolute atomic E-state index is 0.0513. The molecule has 158 valence electrons. The third kappa shape index (κ3) is 3.44. The smallest absolute Gasteiger partial charge is 0.274 e. The zero-order valence-corrected chi connectivity index (χ0v) is 16.3. The van der Waals surface area contributed by atoms with Crippen molar-refractivity contribution in [3.63, 3.8) is 0 Å². The number of nitrogens with one attached hydrogen (secondary N) is 1. The molecule has 1 saturated heterocycles. The average molecular weight is 417 g/mol. The monoisotopic (exact) mass is 417 g/mol. The molecule has 7 nitrogen and oxygen atoms in total. The lowest BCUT2D eigenvalue weighted by Crippen LogP contribution is -2.44. The third-order valence-electron chi connectivity index (χ3n) is 5.79. The first-order valence-corrected chi connectivity index (χ1v) is 9.75. The number of aromatic hydroxyl groups is 1. The molecule has 1 aromatic carbocycles. The maximum atomic E-state index is 13.8. The molecule has 2 atom stereocenters. The molecule has 2 aliphatic rings. The van der Waals surface area contributed by atoms with Crippen molar-refractivity contribution in [1.82, 2.24) is 14.8 Å². The summed E-state index contributed by atoms with van der Waals surface area (Å²) in [5.74, 6) is -3.24. The van der Waals surface area contributed by atoms with Crippen LogP contribution in [-0.4, -0.2) is 39.5 Å². The molecule has 4 rings (SSSR count). The van der Waals surface area contributed by atoms with E-state index < -0.39 is 34.6 Å². The lowest BCUT2D eigenvalue weighted by Gasteiger charge is -2.34. The van der Waals surface area contributed by atoms with Crippen molar-refractivity contribution in [2.45, 2.75) is 32.4 Å². The van der Waals surface area contributed by atoms with Gasteiger partial charge in [0.05, 0.1) is 6.04 Å². The molecule has 2 aliphatic heterocycles. The van der Waals surface area contributed by atoms with Crippen LogP contribution in [0.1, 0.15) is 52.2 Å². The maximum Gasteiger partial charge on any atom is 0.274 e. The van der Waals surface area contributed by atoms with Crippen LogP contribution in [0.3, 0.4) is 0 Å². The number of amides is 2. The van der Waals surface area contributed by atoms with Crippen molar-refractivity contribution >= 4 is 11.8 Å². The van der Waals surface area contributed by atoms with Gasteiger partial charge in [-0.25, -0.2) is 8.78 Å². The highest BCUT2D eigenvalue weighted by atomic mass is 19.1. The normalized spacial score (nSPS) is 20.5. The Bertz CT molecular complexity index is 1100. The van der Waals surface area contributed by atoms with Gasteiger partial charge in [0.1, 0.15) is 17.2 Å². The Hall–Kier alpha value is -3.23. The molecule has 30 heavy (non-hydrogen) atoms. The molecule has 9 heteroatoms. The minimum Gasteiger partial charge on any atom is -0.503 e. The number of pyridine rings is 1. The highest BCUT2D eigenvalue weighted by Gasteiger charge is 2.37. The number of rotatable bonds is 3. The predicted molar refractivity (Wildman–Crippen MR) is 103 cm³/mol. The first kappa shape index (κ1) is 20.1. The van der Waals surface area contributed by atoms with Crippen molar-refractivity contribution in [2.75, 3.05) is 13.1 Å². The summed E-state index contributed by atoms with van der Waals surface area (Å²) in [6.45, 7) is 2.80. The Balaban J connectivity index is 1.67. The van der Waals surface area contributed by atoms with Crippen LogP contribution in [0.15, 0.2) is 29.2 Å². The molecule has 2 amide bonds. The number of aromatic nitrogens is 1. The molecular formula is C21H21F2N3O4. The van der Waals surface area contributed by atoms with Crippen molar-refractivity contribution < 1.29 is 23.5 Å². The first-order valence-electron chi connectivity index (χ1n) is 9.75. The Morgan fingerprint density at radius 2 is 2.07 bits per heavy atom. The number of hydrogen-bond donors (Lipinski definition) is 2. The molecular weight excluding hydrogens is 396 g/mol. The quantitative estimate of drug-likeness (QED) is 0.801. The molecule has 0 aliphatic carbocycles. The van der Waals surface area contributed by atoms with Crippen LogP contribution in [0, 0.1) is 17.6 Å². The van der Waals surface area contributed by atoms with E-state index in [0.717, 1.165) is 18.9 Å². The van der Waals surface area contributed by atoms with Crippen LogP contribution >= 0.6 is 0 Å². The SMILES string of the molecule is CC1CCN2CC(C1)n1cc(C(=O)NCc3ccc(F)cc3F)c(=O)c(O)c1C2=O. The van der Waals surface area contributed by atoms with E-state index >= 15 is 0 Å². The van der Waals surface area contributed by atoms with Crippen LogP contribution in [0.2, 0.25) is 0 Å². The number of fused-ring (bicyclic) bond motifs is 4. The topological polar surface area (TPSA) is 91.6 Å². The fourth-order valence-electron chi connectivity index (χ4n) is 4.13. The maximum absolute atomic E-state index is 13.8. The van der Waals surface area contributed by atoms with Crippen LogP contribution < -0.4 is 10.7 Å². The first-order chi connectivity index (χ1) is 14.3. The number of hydrogen-bond acceptors (Lipinski definition) is 4. The number of carbonyl (C=O) groups excluding carboxylic acids is 2. The third-order valence-corrected chi connectivity index (χ3v) is 5.79. The molecule has 2 aromatic rings. The molecule has 2 bridgehead atoms. The summed E-state index contributed by atoms with van der Waals surface area (Å²) in [6, 6.07) is 2.80. The van der Waals surface area contributed by atoms with Crippen LogP contribution in [0.4, 0.5) is 8.78 Å². The number of benzene rings is 1. The predicted octanol–water partition coefficient (Wildman–Crippen LogP) is 2.19. The Labute approximate surface area is 170 Å². The highest BCUT2D eigenvalue weighted by Crippen LogP contribution is 2.33. The standard InChI is InChI=1S/C21H21F2N3O4/c1-11-4-5-25-9-14(6-11)26-10-15(18(27)19(28)17(26)21(25)30)20(29)24-8-12-2-3-13(22)7-16(12)23/h2-3,7,10-11,14,28H,4-6,8-9H2,1H3,(H,24,29). The number of nitrogens with zero attached hydrogens (tertiary/aromatic N) is 2. The minimum atomic E-state index is -0.959. The van der Waals surface area contributed by atoms with Gasteiger partial charge in [0, 0.05) is 37.5 Å². The van der Waals surface area contributed by atoms with Gasteiger partial charge in [0.2, 0.25) is 5.43 Å². The summed E-state index contributed by atoms with van der Waals surface area (Å²) < 4.78 is 28.3. The van der Waals surface area contributed by atoms with Gasteiger partial charge in [0.15, 0.2) is 11.4 Å². The van der Waals surface area contributed by atoms with E-state index in [1.54, 1.807) is 4.90 Å². The highest BCUT2D eigenvalue weighted by molar-refractivity contribution is 5.99.